The third kappa shape index (κ3) is 6.21. The molecule has 0 atom stereocenters. The zero-order valence-corrected chi connectivity index (χ0v) is 17.6. The van der Waals surface area contributed by atoms with Crippen molar-refractivity contribution in [1.29, 1.82) is 0 Å². The Hall–Kier alpha value is -2.64. The normalized spacial score (nSPS) is 10.7. The van der Waals surface area contributed by atoms with Crippen LogP contribution in [0, 0.1) is 0 Å². The Bertz CT molecular complexity index is 868. The topological polar surface area (TPSA) is 73.9 Å². The molecule has 1 aromatic heterocycles. The van der Waals surface area contributed by atoms with Gasteiger partial charge in [0.15, 0.2) is 0 Å². The molecule has 28 heavy (non-hydrogen) atoms. The maximum Gasteiger partial charge on any atom is 0.229 e. The maximum absolute atomic E-state index is 4.56. The van der Waals surface area contributed by atoms with Gasteiger partial charge in [-0.1, -0.05) is 32.0 Å². The Morgan fingerprint density at radius 2 is 1.54 bits per heavy atom. The number of para-hydroxylation sites is 1. The lowest BCUT2D eigenvalue weighted by Gasteiger charge is -2.12. The molecular formula is C21H25BrN6. The van der Waals surface area contributed by atoms with E-state index in [0.29, 0.717) is 17.8 Å². The van der Waals surface area contributed by atoms with Crippen molar-refractivity contribution in [3.8, 4) is 0 Å². The van der Waals surface area contributed by atoms with E-state index in [0.717, 1.165) is 34.6 Å². The summed E-state index contributed by atoms with van der Waals surface area (Å²) < 4.78 is 0.802. The molecule has 0 saturated carbocycles. The first-order valence-corrected chi connectivity index (χ1v) is 10.1. The van der Waals surface area contributed by atoms with Gasteiger partial charge in [-0.25, -0.2) is 4.98 Å². The number of nitrogens with zero attached hydrogens (tertiary/aromatic N) is 2. The van der Waals surface area contributed by atoms with Crippen molar-refractivity contribution in [1.82, 2.24) is 15.3 Å². The molecule has 0 aliphatic heterocycles. The molecule has 0 aliphatic carbocycles. The molecule has 0 spiro atoms. The zero-order valence-electron chi connectivity index (χ0n) is 16.0. The summed E-state index contributed by atoms with van der Waals surface area (Å²) in [5, 5.41) is 13.3. The molecule has 0 aliphatic rings. The van der Waals surface area contributed by atoms with Crippen LogP contribution in [0.5, 0.6) is 0 Å². The van der Waals surface area contributed by atoms with Crippen LogP contribution in [0.2, 0.25) is 0 Å². The van der Waals surface area contributed by atoms with Crippen molar-refractivity contribution in [3.63, 3.8) is 0 Å². The fourth-order valence-corrected chi connectivity index (χ4v) is 2.83. The third-order valence-electron chi connectivity index (χ3n) is 3.93. The van der Waals surface area contributed by atoms with E-state index in [9.17, 15) is 0 Å². The quantitative estimate of drug-likeness (QED) is 0.345. The van der Waals surface area contributed by atoms with Crippen molar-refractivity contribution >= 4 is 44.8 Å². The van der Waals surface area contributed by atoms with E-state index in [1.54, 1.807) is 6.20 Å². The molecule has 7 heteroatoms. The third-order valence-corrected chi connectivity index (χ3v) is 4.51. The first-order chi connectivity index (χ1) is 13.6. The van der Waals surface area contributed by atoms with Gasteiger partial charge in [0.1, 0.15) is 5.82 Å². The van der Waals surface area contributed by atoms with E-state index in [1.807, 2.05) is 54.6 Å². The Morgan fingerprint density at radius 3 is 2.25 bits per heavy atom. The minimum absolute atomic E-state index is 0.501. The molecule has 3 rings (SSSR count). The second-order valence-corrected chi connectivity index (χ2v) is 7.47. The second-order valence-electron chi connectivity index (χ2n) is 6.62. The fourth-order valence-electron chi connectivity index (χ4n) is 2.54. The SMILES string of the molecule is CC(C)NCCNc1ccc(Nc2ncc(Br)c(Nc3ccccc3)n2)cc1. The lowest BCUT2D eigenvalue weighted by molar-refractivity contribution is 0.602. The molecule has 6 nitrogen and oxygen atoms in total. The standard InChI is InChI=1S/C21H25BrN6/c1-15(2)23-12-13-24-16-8-10-18(11-9-16)27-21-25-14-19(22)20(28-21)26-17-6-4-3-5-7-17/h3-11,14-15,23-24H,12-13H2,1-2H3,(H2,25,26,27,28). The first kappa shape index (κ1) is 20.1. The van der Waals surface area contributed by atoms with Crippen molar-refractivity contribution in [2.45, 2.75) is 19.9 Å². The highest BCUT2D eigenvalue weighted by molar-refractivity contribution is 9.10. The van der Waals surface area contributed by atoms with Gasteiger partial charge >= 0.3 is 0 Å². The Morgan fingerprint density at radius 1 is 0.857 bits per heavy atom. The molecular weight excluding hydrogens is 416 g/mol. The van der Waals surface area contributed by atoms with Crippen LogP contribution in [-0.4, -0.2) is 29.1 Å². The predicted octanol–water partition coefficient (Wildman–Crippen LogP) is 5.14. The Labute approximate surface area is 174 Å². The van der Waals surface area contributed by atoms with Crippen LogP contribution >= 0.6 is 15.9 Å². The summed E-state index contributed by atoms with van der Waals surface area (Å²) in [5.41, 5.74) is 2.98. The molecule has 0 saturated heterocycles. The lowest BCUT2D eigenvalue weighted by atomic mass is 10.3. The number of rotatable bonds is 9. The lowest BCUT2D eigenvalue weighted by Crippen LogP contribution is -2.28. The van der Waals surface area contributed by atoms with Gasteiger partial charge in [-0.3, -0.25) is 0 Å². The number of hydrogen-bond acceptors (Lipinski definition) is 6. The second kappa shape index (κ2) is 10.1. The van der Waals surface area contributed by atoms with Crippen molar-refractivity contribution < 1.29 is 0 Å². The van der Waals surface area contributed by atoms with Gasteiger partial charge in [-0.2, -0.15) is 4.98 Å². The van der Waals surface area contributed by atoms with Crippen molar-refractivity contribution in [3.05, 3.63) is 65.3 Å². The summed E-state index contributed by atoms with van der Waals surface area (Å²) in [4.78, 5) is 8.90. The van der Waals surface area contributed by atoms with Gasteiger partial charge < -0.3 is 21.3 Å². The van der Waals surface area contributed by atoms with Crippen LogP contribution in [0.1, 0.15) is 13.8 Å². The number of hydrogen-bond donors (Lipinski definition) is 4. The number of nitrogens with one attached hydrogen (secondary N) is 4. The van der Waals surface area contributed by atoms with Gasteiger partial charge in [0.25, 0.3) is 0 Å². The number of aromatic nitrogens is 2. The molecule has 0 bridgehead atoms. The van der Waals surface area contributed by atoms with Crippen molar-refractivity contribution in [2.24, 2.45) is 0 Å². The summed E-state index contributed by atoms with van der Waals surface area (Å²) in [6.07, 6.45) is 1.73. The fraction of sp³-hybridized carbons (Fsp3) is 0.238. The van der Waals surface area contributed by atoms with E-state index in [1.165, 1.54) is 0 Å². The highest BCUT2D eigenvalue weighted by atomic mass is 79.9. The summed E-state index contributed by atoms with van der Waals surface area (Å²) in [6, 6.07) is 18.5. The van der Waals surface area contributed by atoms with Crippen LogP contribution in [-0.2, 0) is 0 Å². The predicted molar refractivity (Wildman–Crippen MR) is 121 cm³/mol. The van der Waals surface area contributed by atoms with Crippen LogP contribution in [0.15, 0.2) is 65.3 Å². The van der Waals surface area contributed by atoms with Gasteiger partial charge in [-0.05, 0) is 52.3 Å². The highest BCUT2D eigenvalue weighted by Crippen LogP contribution is 2.25. The smallest absolute Gasteiger partial charge is 0.229 e. The largest absolute Gasteiger partial charge is 0.384 e. The van der Waals surface area contributed by atoms with E-state index in [-0.39, 0.29) is 0 Å². The monoisotopic (exact) mass is 440 g/mol. The first-order valence-electron chi connectivity index (χ1n) is 9.29. The number of halogens is 1. The summed E-state index contributed by atoms with van der Waals surface area (Å²) in [5.74, 6) is 1.24. The molecule has 0 amide bonds. The minimum Gasteiger partial charge on any atom is -0.384 e. The maximum atomic E-state index is 4.56. The average Bonchev–Trinajstić information content (AvgIpc) is 2.70. The van der Waals surface area contributed by atoms with Crippen LogP contribution < -0.4 is 21.3 Å². The number of benzene rings is 2. The van der Waals surface area contributed by atoms with Crippen molar-refractivity contribution in [2.75, 3.05) is 29.0 Å². The molecule has 1 heterocycles. The van der Waals surface area contributed by atoms with Gasteiger partial charge in [0.2, 0.25) is 5.95 Å². The summed E-state index contributed by atoms with van der Waals surface area (Å²) >= 11 is 3.49. The molecule has 0 fully saturated rings. The highest BCUT2D eigenvalue weighted by Gasteiger charge is 2.06. The summed E-state index contributed by atoms with van der Waals surface area (Å²) in [6.45, 7) is 6.10. The van der Waals surface area contributed by atoms with Crippen LogP contribution in [0.25, 0.3) is 0 Å². The van der Waals surface area contributed by atoms with E-state index >= 15 is 0 Å². The van der Waals surface area contributed by atoms with Gasteiger partial charge in [-0.15, -0.1) is 0 Å². The Kier molecular flexibility index (Phi) is 7.22. The average molecular weight is 441 g/mol. The van der Waals surface area contributed by atoms with Crippen LogP contribution in [0.4, 0.5) is 28.8 Å². The molecule has 3 aromatic rings. The Balaban J connectivity index is 1.59. The van der Waals surface area contributed by atoms with E-state index in [2.05, 4.69) is 61.0 Å². The summed E-state index contributed by atoms with van der Waals surface area (Å²) in [7, 11) is 0. The molecule has 2 aromatic carbocycles. The number of anilines is 5. The molecule has 0 unspecified atom stereocenters. The van der Waals surface area contributed by atoms with Gasteiger partial charge in [0.05, 0.1) is 4.47 Å². The van der Waals surface area contributed by atoms with Gasteiger partial charge in [0, 0.05) is 42.4 Å². The van der Waals surface area contributed by atoms with E-state index in [4.69, 9.17) is 0 Å². The molecule has 4 N–H and O–H groups in total. The zero-order chi connectivity index (χ0) is 19.8. The molecule has 146 valence electrons. The van der Waals surface area contributed by atoms with E-state index < -0.39 is 0 Å². The minimum atomic E-state index is 0.501. The van der Waals surface area contributed by atoms with Crippen LogP contribution in [0.3, 0.4) is 0 Å². The molecule has 0 radical (unpaired) electrons.